The van der Waals surface area contributed by atoms with Crippen molar-refractivity contribution in [3.63, 3.8) is 0 Å². The number of nitrogens with zero attached hydrogens (tertiary/aromatic N) is 4. The zero-order chi connectivity index (χ0) is 18.2. The van der Waals surface area contributed by atoms with Crippen molar-refractivity contribution in [1.82, 2.24) is 14.5 Å². The lowest BCUT2D eigenvalue weighted by atomic mass is 9.78. The molecule has 2 heterocycles. The van der Waals surface area contributed by atoms with E-state index in [0.29, 0.717) is 6.54 Å². The van der Waals surface area contributed by atoms with Crippen LogP contribution in [0.2, 0.25) is 0 Å². The maximum atomic E-state index is 11.3. The van der Waals surface area contributed by atoms with Crippen molar-refractivity contribution in [2.75, 3.05) is 38.7 Å². The summed E-state index contributed by atoms with van der Waals surface area (Å²) < 4.78 is 29.0. The predicted molar refractivity (Wildman–Crippen MR) is 96.8 cm³/mol. The summed E-state index contributed by atoms with van der Waals surface area (Å²) in [5.41, 5.74) is 1.87. The van der Waals surface area contributed by atoms with E-state index in [4.69, 9.17) is 9.88 Å². The van der Waals surface area contributed by atoms with Crippen molar-refractivity contribution in [2.24, 2.45) is 10.6 Å². The molecule has 0 unspecified atom stereocenters. The van der Waals surface area contributed by atoms with Gasteiger partial charge in [0, 0.05) is 43.5 Å². The Labute approximate surface area is 147 Å². The Morgan fingerprint density at radius 3 is 2.76 bits per heavy atom. The number of aromatic nitrogens is 2. The summed E-state index contributed by atoms with van der Waals surface area (Å²) in [6.45, 7) is 4.23. The Morgan fingerprint density at radius 1 is 1.40 bits per heavy atom. The van der Waals surface area contributed by atoms with Crippen LogP contribution in [-0.4, -0.2) is 56.7 Å². The van der Waals surface area contributed by atoms with Gasteiger partial charge in [0.1, 0.15) is 5.75 Å². The summed E-state index contributed by atoms with van der Waals surface area (Å²) in [7, 11) is -0.495. The maximum absolute atomic E-state index is 11.3. The van der Waals surface area contributed by atoms with Crippen LogP contribution in [0.5, 0.6) is 5.75 Å². The molecule has 8 nitrogen and oxygen atoms in total. The highest BCUT2D eigenvalue weighted by molar-refractivity contribution is 7.86. The third kappa shape index (κ3) is 3.68. The monoisotopic (exact) mass is 365 g/mol. The Hall–Kier alpha value is -1.97. The van der Waals surface area contributed by atoms with Crippen molar-refractivity contribution >= 4 is 26.8 Å². The molecule has 1 aromatic heterocycles. The van der Waals surface area contributed by atoms with Crippen LogP contribution in [0.25, 0.3) is 10.9 Å². The Balaban J connectivity index is 1.71. The highest BCUT2D eigenvalue weighted by Crippen LogP contribution is 2.39. The molecule has 9 heteroatoms. The minimum absolute atomic E-state index is 0.0427. The molecule has 0 bridgehead atoms. The zero-order valence-corrected chi connectivity index (χ0v) is 15.5. The van der Waals surface area contributed by atoms with Gasteiger partial charge < -0.3 is 9.64 Å². The molecule has 25 heavy (non-hydrogen) atoms. The number of methoxy groups -OCH3 is 1. The van der Waals surface area contributed by atoms with E-state index < -0.39 is 10.2 Å². The van der Waals surface area contributed by atoms with E-state index in [0.717, 1.165) is 41.9 Å². The second-order valence-electron chi connectivity index (χ2n) is 6.90. The van der Waals surface area contributed by atoms with Gasteiger partial charge in [0.05, 0.1) is 24.5 Å². The predicted octanol–water partition coefficient (Wildman–Crippen LogP) is 0.990. The third-order valence-corrected chi connectivity index (χ3v) is 5.83. The van der Waals surface area contributed by atoms with Crippen molar-refractivity contribution in [3.8, 4) is 5.75 Å². The Bertz CT molecular complexity index is 880. The van der Waals surface area contributed by atoms with Gasteiger partial charge in [-0.3, -0.25) is 0 Å². The molecule has 0 atom stereocenters. The number of benzene rings is 1. The Kier molecular flexibility index (Phi) is 4.56. The maximum Gasteiger partial charge on any atom is 0.276 e. The average molecular weight is 365 g/mol. The van der Waals surface area contributed by atoms with Gasteiger partial charge in [-0.25, -0.2) is 5.14 Å². The van der Waals surface area contributed by atoms with Crippen LogP contribution in [-0.2, 0) is 10.2 Å². The first-order chi connectivity index (χ1) is 11.7. The van der Waals surface area contributed by atoms with Gasteiger partial charge in [-0.05, 0) is 18.6 Å². The first-order valence-corrected chi connectivity index (χ1v) is 9.51. The third-order valence-electron chi connectivity index (χ3n) is 4.78. The molecule has 1 aliphatic heterocycles. The van der Waals surface area contributed by atoms with Gasteiger partial charge >= 0.3 is 0 Å². The lowest BCUT2D eigenvalue weighted by Gasteiger charge is -2.50. The highest BCUT2D eigenvalue weighted by Gasteiger charge is 2.39. The molecule has 136 valence electrons. The van der Waals surface area contributed by atoms with Crippen LogP contribution in [0.1, 0.15) is 13.3 Å². The molecule has 0 radical (unpaired) electrons. The van der Waals surface area contributed by atoms with Crippen molar-refractivity contribution in [1.29, 1.82) is 0 Å². The SMILES string of the molecule is COc1ccc2c(N3CC(C)(CCN(C)S(N)(=O)=O)C3)cnnc2c1. The van der Waals surface area contributed by atoms with Crippen molar-refractivity contribution in [2.45, 2.75) is 13.3 Å². The quantitative estimate of drug-likeness (QED) is 0.819. The summed E-state index contributed by atoms with van der Waals surface area (Å²) in [5, 5.41) is 14.4. The largest absolute Gasteiger partial charge is 0.497 e. The lowest BCUT2D eigenvalue weighted by molar-refractivity contribution is 0.209. The van der Waals surface area contributed by atoms with Crippen LogP contribution in [0.15, 0.2) is 24.4 Å². The second kappa shape index (κ2) is 6.40. The fourth-order valence-electron chi connectivity index (χ4n) is 3.16. The van der Waals surface area contributed by atoms with Gasteiger partial charge in [0.25, 0.3) is 10.2 Å². The number of hydrogen-bond acceptors (Lipinski definition) is 6. The molecule has 2 aromatic rings. The number of anilines is 1. The average Bonchev–Trinajstić information content (AvgIpc) is 2.55. The molecule has 1 aromatic carbocycles. The second-order valence-corrected chi connectivity index (χ2v) is 8.55. The molecule has 1 aliphatic rings. The molecule has 1 fully saturated rings. The molecule has 3 rings (SSSR count). The van der Waals surface area contributed by atoms with Gasteiger partial charge in [0.15, 0.2) is 0 Å². The number of hydrogen-bond donors (Lipinski definition) is 1. The van der Waals surface area contributed by atoms with Crippen LogP contribution in [0.3, 0.4) is 0 Å². The van der Waals surface area contributed by atoms with Crippen LogP contribution in [0, 0.1) is 5.41 Å². The summed E-state index contributed by atoms with van der Waals surface area (Å²) in [4.78, 5) is 2.24. The number of nitrogens with two attached hydrogens (primary N) is 1. The van der Waals surface area contributed by atoms with E-state index in [-0.39, 0.29) is 5.41 Å². The molecule has 0 saturated carbocycles. The first-order valence-electron chi connectivity index (χ1n) is 8.00. The van der Waals surface area contributed by atoms with Crippen molar-refractivity contribution in [3.05, 3.63) is 24.4 Å². The molecular weight excluding hydrogens is 342 g/mol. The van der Waals surface area contributed by atoms with Crippen LogP contribution in [0.4, 0.5) is 5.69 Å². The Morgan fingerprint density at radius 2 is 2.12 bits per heavy atom. The zero-order valence-electron chi connectivity index (χ0n) is 14.6. The van der Waals surface area contributed by atoms with Gasteiger partial charge in [-0.15, -0.1) is 0 Å². The minimum Gasteiger partial charge on any atom is -0.497 e. The fourth-order valence-corrected chi connectivity index (χ4v) is 3.51. The number of fused-ring (bicyclic) bond motifs is 1. The topological polar surface area (TPSA) is 102 Å². The summed E-state index contributed by atoms with van der Waals surface area (Å²) in [5.74, 6) is 0.749. The standard InChI is InChI=1S/C16H23N5O3S/c1-16(6-7-20(2)25(17,22)23)10-21(11-16)15-9-18-19-14-8-12(24-3)4-5-13(14)15/h4-5,8-9H,6-7,10-11H2,1-3H3,(H2,17,22,23). The van der Waals surface area contributed by atoms with Gasteiger partial charge in [-0.1, -0.05) is 6.92 Å². The highest BCUT2D eigenvalue weighted by atomic mass is 32.2. The number of rotatable bonds is 6. The van der Waals surface area contributed by atoms with Crippen LogP contribution < -0.4 is 14.8 Å². The summed E-state index contributed by atoms with van der Waals surface area (Å²) in [6, 6.07) is 5.77. The van der Waals surface area contributed by atoms with Gasteiger partial charge in [-0.2, -0.15) is 22.9 Å². The lowest BCUT2D eigenvalue weighted by Crippen LogP contribution is -2.56. The summed E-state index contributed by atoms with van der Waals surface area (Å²) >= 11 is 0. The van der Waals surface area contributed by atoms with Gasteiger partial charge in [0.2, 0.25) is 0 Å². The molecule has 0 amide bonds. The minimum atomic E-state index is -3.62. The van der Waals surface area contributed by atoms with E-state index in [1.165, 1.54) is 11.4 Å². The molecule has 0 aliphatic carbocycles. The van der Waals surface area contributed by atoms with E-state index in [2.05, 4.69) is 22.0 Å². The van der Waals surface area contributed by atoms with E-state index in [1.54, 1.807) is 13.3 Å². The van der Waals surface area contributed by atoms with Crippen molar-refractivity contribution < 1.29 is 13.2 Å². The normalized spacial score (nSPS) is 16.9. The first kappa shape index (κ1) is 17.8. The fraction of sp³-hybridized carbons (Fsp3) is 0.500. The number of ether oxygens (including phenoxy) is 1. The molecular formula is C16H23N5O3S. The van der Waals surface area contributed by atoms with E-state index in [9.17, 15) is 8.42 Å². The van der Waals surface area contributed by atoms with Crippen LogP contribution >= 0.6 is 0 Å². The molecule has 1 saturated heterocycles. The van der Waals surface area contributed by atoms with E-state index in [1.807, 2.05) is 18.2 Å². The molecule has 0 spiro atoms. The smallest absolute Gasteiger partial charge is 0.276 e. The molecule has 2 N–H and O–H groups in total. The van der Waals surface area contributed by atoms with E-state index >= 15 is 0 Å². The summed E-state index contributed by atoms with van der Waals surface area (Å²) in [6.07, 6.45) is 2.52.